The monoisotopic (exact) mass is 261 g/mol. The predicted octanol–water partition coefficient (Wildman–Crippen LogP) is 2.00. The van der Waals surface area contributed by atoms with Crippen molar-refractivity contribution in [3.05, 3.63) is 35.9 Å². The Morgan fingerprint density at radius 3 is 2.68 bits per heavy atom. The first kappa shape index (κ1) is 13.6. The van der Waals surface area contributed by atoms with Gasteiger partial charge < -0.3 is 10.1 Å². The quantitative estimate of drug-likeness (QED) is 0.843. The SMILES string of the molecule is CCC[C@@]1(C(=O)OC)NC(=O)C[C@@H]1c1ccccc1. The van der Waals surface area contributed by atoms with Gasteiger partial charge in [-0.25, -0.2) is 4.79 Å². The van der Waals surface area contributed by atoms with Crippen molar-refractivity contribution in [1.29, 1.82) is 0 Å². The summed E-state index contributed by atoms with van der Waals surface area (Å²) >= 11 is 0. The minimum Gasteiger partial charge on any atom is -0.467 e. The molecule has 0 spiro atoms. The second-order valence-corrected chi connectivity index (χ2v) is 4.93. The zero-order valence-corrected chi connectivity index (χ0v) is 11.3. The predicted molar refractivity (Wildman–Crippen MR) is 71.6 cm³/mol. The third-order valence-electron chi connectivity index (χ3n) is 3.74. The molecule has 1 aliphatic heterocycles. The van der Waals surface area contributed by atoms with E-state index in [2.05, 4.69) is 5.32 Å². The van der Waals surface area contributed by atoms with Crippen LogP contribution in [0.1, 0.15) is 37.7 Å². The Kier molecular flexibility index (Phi) is 3.88. The van der Waals surface area contributed by atoms with Crippen LogP contribution < -0.4 is 5.32 Å². The molecule has 1 amide bonds. The third-order valence-corrected chi connectivity index (χ3v) is 3.74. The standard InChI is InChI=1S/C15H19NO3/c1-3-9-15(14(18)19-2)12(10-13(17)16-15)11-7-5-4-6-8-11/h4-8,12H,3,9-10H2,1-2H3,(H,16,17)/t12-,15-/m1/s1. The van der Waals surface area contributed by atoms with E-state index in [4.69, 9.17) is 4.74 Å². The number of ether oxygens (including phenoxy) is 1. The summed E-state index contributed by atoms with van der Waals surface area (Å²) in [7, 11) is 1.37. The van der Waals surface area contributed by atoms with Gasteiger partial charge in [0, 0.05) is 12.3 Å². The molecular formula is C15H19NO3. The molecule has 2 atom stereocenters. The molecule has 0 aliphatic carbocycles. The van der Waals surface area contributed by atoms with E-state index >= 15 is 0 Å². The molecule has 19 heavy (non-hydrogen) atoms. The van der Waals surface area contributed by atoms with Gasteiger partial charge in [0.25, 0.3) is 0 Å². The van der Waals surface area contributed by atoms with E-state index in [9.17, 15) is 9.59 Å². The van der Waals surface area contributed by atoms with Gasteiger partial charge in [0.05, 0.1) is 7.11 Å². The first-order chi connectivity index (χ1) is 9.14. The first-order valence-electron chi connectivity index (χ1n) is 6.58. The van der Waals surface area contributed by atoms with Crippen molar-refractivity contribution in [2.45, 2.75) is 37.6 Å². The van der Waals surface area contributed by atoms with Crippen LogP contribution in [-0.4, -0.2) is 24.5 Å². The fourth-order valence-corrected chi connectivity index (χ4v) is 2.94. The molecule has 1 saturated heterocycles. The number of carbonyl (C=O) groups excluding carboxylic acids is 2. The summed E-state index contributed by atoms with van der Waals surface area (Å²) in [5.74, 6) is -0.602. The molecule has 4 nitrogen and oxygen atoms in total. The summed E-state index contributed by atoms with van der Waals surface area (Å²) in [6.07, 6.45) is 1.73. The van der Waals surface area contributed by atoms with E-state index in [1.165, 1.54) is 7.11 Å². The van der Waals surface area contributed by atoms with Crippen LogP contribution in [0, 0.1) is 0 Å². The van der Waals surface area contributed by atoms with Gasteiger partial charge >= 0.3 is 5.97 Å². The van der Waals surface area contributed by atoms with Crippen molar-refractivity contribution < 1.29 is 14.3 Å². The van der Waals surface area contributed by atoms with Gasteiger partial charge in [-0.1, -0.05) is 43.7 Å². The van der Waals surface area contributed by atoms with Crippen molar-refractivity contribution in [1.82, 2.24) is 5.32 Å². The summed E-state index contributed by atoms with van der Waals surface area (Å²) in [5.41, 5.74) is 0.0850. The van der Waals surface area contributed by atoms with Crippen LogP contribution in [0.25, 0.3) is 0 Å². The normalized spacial score (nSPS) is 26.0. The molecule has 0 aromatic heterocycles. The summed E-state index contributed by atoms with van der Waals surface area (Å²) < 4.78 is 4.94. The molecule has 1 heterocycles. The van der Waals surface area contributed by atoms with Crippen LogP contribution in [0.4, 0.5) is 0 Å². The Bertz CT molecular complexity index is 472. The van der Waals surface area contributed by atoms with E-state index < -0.39 is 5.54 Å². The van der Waals surface area contributed by atoms with Gasteiger partial charge in [-0.3, -0.25) is 4.79 Å². The third kappa shape index (κ3) is 2.35. The smallest absolute Gasteiger partial charge is 0.332 e. The molecule has 1 aromatic carbocycles. The fourth-order valence-electron chi connectivity index (χ4n) is 2.94. The Morgan fingerprint density at radius 2 is 2.11 bits per heavy atom. The molecule has 1 N–H and O–H groups in total. The molecule has 0 unspecified atom stereocenters. The highest BCUT2D eigenvalue weighted by Gasteiger charge is 2.53. The van der Waals surface area contributed by atoms with Crippen LogP contribution >= 0.6 is 0 Å². The van der Waals surface area contributed by atoms with Crippen LogP contribution in [0.15, 0.2) is 30.3 Å². The second kappa shape index (κ2) is 5.43. The first-order valence-corrected chi connectivity index (χ1v) is 6.58. The number of amides is 1. The van der Waals surface area contributed by atoms with Crippen LogP contribution in [0.3, 0.4) is 0 Å². The molecule has 0 saturated carbocycles. The van der Waals surface area contributed by atoms with E-state index in [-0.39, 0.29) is 17.8 Å². The van der Waals surface area contributed by atoms with Crippen LogP contribution in [0.5, 0.6) is 0 Å². The molecule has 1 fully saturated rings. The summed E-state index contributed by atoms with van der Waals surface area (Å²) in [5, 5.41) is 2.85. The molecule has 4 heteroatoms. The highest BCUT2D eigenvalue weighted by molar-refractivity contribution is 5.94. The highest BCUT2D eigenvalue weighted by Crippen LogP contribution is 2.40. The number of methoxy groups -OCH3 is 1. The number of hydrogen-bond acceptors (Lipinski definition) is 3. The molecule has 0 radical (unpaired) electrons. The zero-order chi connectivity index (χ0) is 13.9. The van der Waals surface area contributed by atoms with E-state index in [1.54, 1.807) is 0 Å². The van der Waals surface area contributed by atoms with Gasteiger partial charge in [-0.05, 0) is 12.0 Å². The van der Waals surface area contributed by atoms with E-state index in [0.717, 1.165) is 12.0 Å². The zero-order valence-electron chi connectivity index (χ0n) is 11.3. The number of esters is 1. The van der Waals surface area contributed by atoms with E-state index in [0.29, 0.717) is 12.8 Å². The number of rotatable bonds is 4. The molecule has 0 bridgehead atoms. The Balaban J connectivity index is 2.44. The van der Waals surface area contributed by atoms with Crippen molar-refractivity contribution >= 4 is 11.9 Å². The van der Waals surface area contributed by atoms with Crippen LogP contribution in [-0.2, 0) is 14.3 Å². The summed E-state index contributed by atoms with van der Waals surface area (Å²) in [6, 6.07) is 9.68. The fraction of sp³-hybridized carbons (Fsp3) is 0.467. The van der Waals surface area contributed by atoms with Gasteiger partial charge in [0.2, 0.25) is 5.91 Å². The molecule has 1 aliphatic rings. The second-order valence-electron chi connectivity index (χ2n) is 4.93. The Morgan fingerprint density at radius 1 is 1.42 bits per heavy atom. The molecule has 102 valence electrons. The van der Waals surface area contributed by atoms with Gasteiger partial charge in [-0.2, -0.15) is 0 Å². The van der Waals surface area contributed by atoms with Gasteiger partial charge in [0.15, 0.2) is 0 Å². The maximum atomic E-state index is 12.2. The maximum absolute atomic E-state index is 12.2. The maximum Gasteiger partial charge on any atom is 0.332 e. The molecule has 1 aromatic rings. The topological polar surface area (TPSA) is 55.4 Å². The van der Waals surface area contributed by atoms with Crippen molar-refractivity contribution in [2.24, 2.45) is 0 Å². The number of nitrogens with one attached hydrogen (secondary N) is 1. The average molecular weight is 261 g/mol. The van der Waals surface area contributed by atoms with E-state index in [1.807, 2.05) is 37.3 Å². The molecular weight excluding hydrogens is 242 g/mol. The number of hydrogen-bond donors (Lipinski definition) is 1. The summed E-state index contributed by atoms with van der Waals surface area (Å²) in [6.45, 7) is 2.00. The largest absolute Gasteiger partial charge is 0.467 e. The Labute approximate surface area is 113 Å². The molecule has 2 rings (SSSR count). The summed E-state index contributed by atoms with van der Waals surface area (Å²) in [4.78, 5) is 24.0. The lowest BCUT2D eigenvalue weighted by Gasteiger charge is -2.32. The number of benzene rings is 1. The van der Waals surface area contributed by atoms with Crippen molar-refractivity contribution in [2.75, 3.05) is 7.11 Å². The van der Waals surface area contributed by atoms with Crippen LogP contribution in [0.2, 0.25) is 0 Å². The minimum absolute atomic E-state index is 0.0901. The highest BCUT2D eigenvalue weighted by atomic mass is 16.5. The lowest BCUT2D eigenvalue weighted by atomic mass is 9.77. The number of carbonyl (C=O) groups is 2. The lowest BCUT2D eigenvalue weighted by Crippen LogP contribution is -2.52. The Hall–Kier alpha value is -1.84. The minimum atomic E-state index is -0.915. The van der Waals surface area contributed by atoms with Crippen molar-refractivity contribution in [3.63, 3.8) is 0 Å². The van der Waals surface area contributed by atoms with Crippen molar-refractivity contribution in [3.8, 4) is 0 Å². The van der Waals surface area contributed by atoms with Gasteiger partial charge in [0.1, 0.15) is 5.54 Å². The van der Waals surface area contributed by atoms with Gasteiger partial charge in [-0.15, -0.1) is 0 Å². The average Bonchev–Trinajstić information content (AvgIpc) is 2.77. The lowest BCUT2D eigenvalue weighted by molar-refractivity contribution is -0.150.